The van der Waals surface area contributed by atoms with Gasteiger partial charge in [-0.3, -0.25) is 0 Å². The molecule has 0 saturated heterocycles. The molecule has 0 aliphatic rings. The molecule has 0 N–H and O–H groups in total. The van der Waals surface area contributed by atoms with E-state index in [1.807, 2.05) is 4.98 Å². The van der Waals surface area contributed by atoms with Gasteiger partial charge in [0.2, 0.25) is 5.82 Å². The Balaban J connectivity index is 2.46. The summed E-state index contributed by atoms with van der Waals surface area (Å²) in [6.45, 7) is 0. The van der Waals surface area contributed by atoms with Gasteiger partial charge in [-0.05, 0) is 6.07 Å². The van der Waals surface area contributed by atoms with Crippen LogP contribution in [0.3, 0.4) is 0 Å². The molecule has 0 spiro atoms. The van der Waals surface area contributed by atoms with Crippen molar-refractivity contribution < 1.29 is 83.4 Å². The molecule has 21 heteroatoms. The van der Waals surface area contributed by atoms with E-state index < -0.39 is 117 Å². The number of rotatable bonds is 3. The standard InChI is InChI=1S/C20HF19N2/c21-8-4(2-1-3(17(29,30)20(37,38)39)41-16(40-2)19(34,35)36)9(22)11(24)5(10(8)23)6-12(25)14(27)7(18(31,32)33)15(28)13(6)26/h1H. The average Bonchev–Trinajstić information content (AvgIpc) is 2.81. The van der Waals surface area contributed by atoms with E-state index in [-0.39, 0.29) is 0 Å². The van der Waals surface area contributed by atoms with Crippen LogP contribution >= 0.6 is 0 Å². The van der Waals surface area contributed by atoms with E-state index in [1.54, 1.807) is 0 Å². The smallest absolute Gasteiger partial charge is 0.224 e. The van der Waals surface area contributed by atoms with Crippen LogP contribution in [-0.4, -0.2) is 16.1 Å². The molecule has 0 aliphatic carbocycles. The highest BCUT2D eigenvalue weighted by Crippen LogP contribution is 2.46. The highest BCUT2D eigenvalue weighted by atomic mass is 19.4. The van der Waals surface area contributed by atoms with Crippen LogP contribution < -0.4 is 0 Å². The number of hydrogen-bond donors (Lipinski definition) is 0. The summed E-state index contributed by atoms with van der Waals surface area (Å²) in [5, 5.41) is 0. The molecule has 3 rings (SSSR count). The first-order valence-corrected chi connectivity index (χ1v) is 9.56. The number of benzene rings is 2. The molecular weight excluding hydrogens is 629 g/mol. The molecule has 0 radical (unpaired) electrons. The van der Waals surface area contributed by atoms with Crippen molar-refractivity contribution in [1.29, 1.82) is 0 Å². The third-order valence-corrected chi connectivity index (χ3v) is 4.97. The van der Waals surface area contributed by atoms with Gasteiger partial charge < -0.3 is 0 Å². The van der Waals surface area contributed by atoms with Crippen molar-refractivity contribution in [3.8, 4) is 22.4 Å². The molecule has 0 unspecified atom stereocenters. The van der Waals surface area contributed by atoms with Crippen molar-refractivity contribution in [1.82, 2.24) is 9.97 Å². The maximum atomic E-state index is 14.8. The largest absolute Gasteiger partial charge is 0.459 e. The van der Waals surface area contributed by atoms with Crippen LogP contribution in [0, 0.1) is 46.5 Å². The zero-order valence-corrected chi connectivity index (χ0v) is 18.2. The van der Waals surface area contributed by atoms with Crippen LogP contribution in [0.25, 0.3) is 22.4 Å². The minimum atomic E-state index is -6.72. The van der Waals surface area contributed by atoms with Crippen molar-refractivity contribution in [2.45, 2.75) is 24.5 Å². The summed E-state index contributed by atoms with van der Waals surface area (Å²) in [6.07, 6.45) is -19.0. The molecular formula is C20HF19N2. The number of alkyl halides is 11. The van der Waals surface area contributed by atoms with Gasteiger partial charge in [-0.15, -0.1) is 0 Å². The molecule has 224 valence electrons. The molecule has 0 atom stereocenters. The van der Waals surface area contributed by atoms with E-state index in [9.17, 15) is 83.4 Å². The number of aromatic nitrogens is 2. The molecule has 0 saturated carbocycles. The Hall–Kier alpha value is -3.81. The van der Waals surface area contributed by atoms with Crippen LogP contribution in [0.2, 0.25) is 0 Å². The van der Waals surface area contributed by atoms with Crippen LogP contribution in [0.4, 0.5) is 83.4 Å². The maximum absolute atomic E-state index is 14.8. The Bertz CT molecular complexity index is 1490. The van der Waals surface area contributed by atoms with Crippen LogP contribution in [-0.2, 0) is 18.3 Å². The Morgan fingerprint density at radius 1 is 0.439 bits per heavy atom. The molecule has 0 fully saturated rings. The van der Waals surface area contributed by atoms with Crippen molar-refractivity contribution in [3.05, 3.63) is 69.7 Å². The lowest BCUT2D eigenvalue weighted by Gasteiger charge is -2.21. The minimum absolute atomic E-state index is 0.901. The molecule has 0 aliphatic heterocycles. The molecule has 2 nitrogen and oxygen atoms in total. The molecule has 3 aromatic rings. The van der Waals surface area contributed by atoms with Crippen LogP contribution in [0.5, 0.6) is 0 Å². The highest BCUT2D eigenvalue weighted by Gasteiger charge is 2.60. The Kier molecular flexibility index (Phi) is 7.46. The highest BCUT2D eigenvalue weighted by molar-refractivity contribution is 5.73. The minimum Gasteiger partial charge on any atom is -0.224 e. The van der Waals surface area contributed by atoms with Gasteiger partial charge in [0.1, 0.15) is 11.3 Å². The lowest BCUT2D eigenvalue weighted by molar-refractivity contribution is -0.291. The normalized spacial score (nSPS) is 13.2. The van der Waals surface area contributed by atoms with E-state index >= 15 is 0 Å². The predicted molar refractivity (Wildman–Crippen MR) is 92.5 cm³/mol. The van der Waals surface area contributed by atoms with E-state index in [1.165, 1.54) is 0 Å². The van der Waals surface area contributed by atoms with Crippen LogP contribution in [0.15, 0.2) is 6.07 Å². The molecule has 1 heterocycles. The molecule has 0 amide bonds. The summed E-state index contributed by atoms with van der Waals surface area (Å²) in [6, 6.07) is -0.901. The average molecular weight is 630 g/mol. The second-order valence-corrected chi connectivity index (χ2v) is 7.54. The SMILES string of the molecule is Fc1c(F)c(-c2c(F)c(F)c(C(F)(F)F)c(F)c2F)c(F)c(F)c1-c1cc(C(F)(F)C(F)(F)F)nc(C(F)(F)F)n1. The molecule has 41 heavy (non-hydrogen) atoms. The van der Waals surface area contributed by atoms with Gasteiger partial charge in [-0.2, -0.15) is 48.3 Å². The van der Waals surface area contributed by atoms with Gasteiger partial charge in [0.15, 0.2) is 46.5 Å². The zero-order chi connectivity index (χ0) is 31.8. The van der Waals surface area contributed by atoms with Gasteiger partial charge in [0, 0.05) is 0 Å². The molecule has 2 aromatic carbocycles. The molecule has 0 bridgehead atoms. The summed E-state index contributed by atoms with van der Waals surface area (Å²) in [7, 11) is 0. The fourth-order valence-corrected chi connectivity index (χ4v) is 3.18. The predicted octanol–water partition coefficient (Wildman–Crippen LogP) is 8.62. The van der Waals surface area contributed by atoms with Crippen LogP contribution in [0.1, 0.15) is 17.1 Å². The molecule has 1 aromatic heterocycles. The number of nitrogens with zero attached hydrogens (tertiary/aromatic N) is 2. The number of halogens is 19. The summed E-state index contributed by atoms with van der Waals surface area (Å²) >= 11 is 0. The third-order valence-electron chi connectivity index (χ3n) is 4.97. The summed E-state index contributed by atoms with van der Waals surface area (Å²) in [5.41, 5.74) is -16.9. The topological polar surface area (TPSA) is 25.8 Å². The number of hydrogen-bond acceptors (Lipinski definition) is 2. The van der Waals surface area contributed by atoms with Gasteiger partial charge >= 0.3 is 24.5 Å². The summed E-state index contributed by atoms with van der Waals surface area (Å²) < 4.78 is 258. The van der Waals surface area contributed by atoms with E-state index in [4.69, 9.17) is 0 Å². The lowest BCUT2D eigenvalue weighted by Crippen LogP contribution is -2.35. The lowest BCUT2D eigenvalue weighted by atomic mass is 9.96. The fraction of sp³-hybridized carbons (Fsp3) is 0.200. The Morgan fingerprint density at radius 2 is 0.805 bits per heavy atom. The zero-order valence-electron chi connectivity index (χ0n) is 18.2. The van der Waals surface area contributed by atoms with Gasteiger partial charge in [0.25, 0.3) is 0 Å². The maximum Gasteiger partial charge on any atom is 0.459 e. The van der Waals surface area contributed by atoms with Crippen molar-refractivity contribution in [3.63, 3.8) is 0 Å². The van der Waals surface area contributed by atoms with Gasteiger partial charge in [-0.25, -0.2) is 45.1 Å². The fourth-order valence-electron chi connectivity index (χ4n) is 3.18. The summed E-state index contributed by atoms with van der Waals surface area (Å²) in [4.78, 5) is 4.13. The second kappa shape index (κ2) is 9.64. The monoisotopic (exact) mass is 630 g/mol. The van der Waals surface area contributed by atoms with Crippen molar-refractivity contribution >= 4 is 0 Å². The first-order chi connectivity index (χ1) is 18.4. The Labute approximate surface area is 211 Å². The first kappa shape index (κ1) is 31.7. The van der Waals surface area contributed by atoms with Crippen molar-refractivity contribution in [2.24, 2.45) is 0 Å². The van der Waals surface area contributed by atoms with Gasteiger partial charge in [-0.1, -0.05) is 0 Å². The first-order valence-electron chi connectivity index (χ1n) is 9.56. The summed E-state index contributed by atoms with van der Waals surface area (Å²) in [5.74, 6) is -35.4. The van der Waals surface area contributed by atoms with E-state index in [0.29, 0.717) is 0 Å². The van der Waals surface area contributed by atoms with E-state index in [2.05, 4.69) is 4.98 Å². The third kappa shape index (κ3) is 5.09. The second-order valence-electron chi connectivity index (χ2n) is 7.54. The van der Waals surface area contributed by atoms with Gasteiger partial charge in [0.05, 0.1) is 22.4 Å². The Morgan fingerprint density at radius 3 is 1.15 bits per heavy atom. The quantitative estimate of drug-likeness (QED) is 0.214. The van der Waals surface area contributed by atoms with E-state index in [0.717, 1.165) is 0 Å². The van der Waals surface area contributed by atoms with Crippen molar-refractivity contribution in [2.75, 3.05) is 0 Å².